The first kappa shape index (κ1) is 18.5. The molecular formula is C16H21F2N3O2S. The van der Waals surface area contributed by atoms with Crippen molar-refractivity contribution in [3.63, 3.8) is 0 Å². The molecule has 1 atom stereocenters. The lowest BCUT2D eigenvalue weighted by atomic mass is 10.0. The minimum absolute atomic E-state index is 0.0547. The number of halogens is 2. The number of aryl methyl sites for hydroxylation is 2. The molecule has 0 amide bonds. The van der Waals surface area contributed by atoms with Gasteiger partial charge in [-0.1, -0.05) is 36.8 Å². The summed E-state index contributed by atoms with van der Waals surface area (Å²) in [4.78, 5) is -0.187. The van der Waals surface area contributed by atoms with Crippen LogP contribution < -0.4 is 4.72 Å². The van der Waals surface area contributed by atoms with Gasteiger partial charge in [-0.05, 0) is 32.8 Å². The molecule has 0 saturated heterocycles. The maximum atomic E-state index is 12.9. The van der Waals surface area contributed by atoms with E-state index in [1.165, 1.54) is 13.8 Å². The Bertz CT molecular complexity index is 815. The Balaban J connectivity index is 2.38. The summed E-state index contributed by atoms with van der Waals surface area (Å²) in [6, 6.07) is 7.07. The van der Waals surface area contributed by atoms with Crippen molar-refractivity contribution in [3.05, 3.63) is 46.8 Å². The molecule has 1 heterocycles. The van der Waals surface area contributed by atoms with E-state index >= 15 is 0 Å². The van der Waals surface area contributed by atoms with E-state index in [1.807, 2.05) is 38.1 Å². The molecule has 0 radical (unpaired) electrons. The summed E-state index contributed by atoms with van der Waals surface area (Å²) in [5.74, 6) is 0. The van der Waals surface area contributed by atoms with Crippen LogP contribution in [-0.4, -0.2) is 18.2 Å². The highest BCUT2D eigenvalue weighted by molar-refractivity contribution is 7.89. The number of benzene rings is 1. The summed E-state index contributed by atoms with van der Waals surface area (Å²) in [5, 5.41) is 3.64. The second-order valence-electron chi connectivity index (χ2n) is 5.71. The van der Waals surface area contributed by atoms with Crippen molar-refractivity contribution in [1.29, 1.82) is 0 Å². The van der Waals surface area contributed by atoms with Gasteiger partial charge in [0.2, 0.25) is 10.0 Å². The van der Waals surface area contributed by atoms with Gasteiger partial charge in [0.25, 0.3) is 0 Å². The Morgan fingerprint density at radius 1 is 1.17 bits per heavy atom. The average molecular weight is 357 g/mol. The molecule has 0 fully saturated rings. The third kappa shape index (κ3) is 3.64. The summed E-state index contributed by atoms with van der Waals surface area (Å²) in [6.45, 7) is 3.66. The third-order valence-electron chi connectivity index (χ3n) is 3.90. The van der Waals surface area contributed by atoms with Crippen molar-refractivity contribution in [2.24, 2.45) is 0 Å². The van der Waals surface area contributed by atoms with Crippen molar-refractivity contribution in [3.8, 4) is 0 Å². The van der Waals surface area contributed by atoms with Crippen LogP contribution in [0.15, 0.2) is 29.2 Å². The highest BCUT2D eigenvalue weighted by Gasteiger charge is 2.29. The van der Waals surface area contributed by atoms with Crippen molar-refractivity contribution in [1.82, 2.24) is 14.5 Å². The Morgan fingerprint density at radius 2 is 1.75 bits per heavy atom. The normalized spacial score (nSPS) is 13.5. The molecule has 0 spiro atoms. The van der Waals surface area contributed by atoms with E-state index in [2.05, 4.69) is 9.82 Å². The lowest BCUT2D eigenvalue weighted by Gasteiger charge is -2.18. The Kier molecular flexibility index (Phi) is 5.39. The number of alkyl halides is 2. The van der Waals surface area contributed by atoms with Crippen LogP contribution in [0.3, 0.4) is 0 Å². The van der Waals surface area contributed by atoms with Gasteiger partial charge in [-0.3, -0.25) is 0 Å². The largest absolute Gasteiger partial charge is 0.333 e. The van der Waals surface area contributed by atoms with Crippen molar-refractivity contribution >= 4 is 10.0 Å². The molecule has 1 N–H and O–H groups in total. The SMILES string of the molecule is CCC(NS(=O)(=O)c1c(C)nn(C(F)F)c1C)c1ccc(C)cc1. The van der Waals surface area contributed by atoms with Gasteiger partial charge in [0, 0.05) is 6.04 Å². The first-order chi connectivity index (χ1) is 11.2. The molecule has 0 bridgehead atoms. The van der Waals surface area contributed by atoms with Crippen LogP contribution in [0.2, 0.25) is 0 Å². The van der Waals surface area contributed by atoms with Gasteiger partial charge in [-0.15, -0.1) is 0 Å². The van der Waals surface area contributed by atoms with Gasteiger partial charge in [-0.2, -0.15) is 13.9 Å². The zero-order chi connectivity index (χ0) is 18.1. The van der Waals surface area contributed by atoms with E-state index in [9.17, 15) is 17.2 Å². The Labute approximate surface area is 140 Å². The molecule has 1 aromatic heterocycles. The molecule has 132 valence electrons. The minimum atomic E-state index is -3.97. The fourth-order valence-corrected chi connectivity index (χ4v) is 4.37. The second-order valence-corrected chi connectivity index (χ2v) is 7.37. The highest BCUT2D eigenvalue weighted by atomic mass is 32.2. The average Bonchev–Trinajstić information content (AvgIpc) is 2.81. The van der Waals surface area contributed by atoms with Crippen LogP contribution in [-0.2, 0) is 10.0 Å². The first-order valence-corrected chi connectivity index (χ1v) is 9.08. The van der Waals surface area contributed by atoms with Crippen LogP contribution in [0.1, 0.15) is 48.5 Å². The number of aromatic nitrogens is 2. The van der Waals surface area contributed by atoms with E-state index in [-0.39, 0.29) is 16.3 Å². The number of rotatable bonds is 6. The molecule has 2 rings (SSSR count). The smallest absolute Gasteiger partial charge is 0.207 e. The van der Waals surface area contributed by atoms with Crippen LogP contribution >= 0.6 is 0 Å². The summed E-state index contributed by atoms with van der Waals surface area (Å²) in [7, 11) is -3.97. The molecule has 0 aliphatic heterocycles. The molecule has 1 unspecified atom stereocenters. The van der Waals surface area contributed by atoms with Crippen LogP contribution in [0, 0.1) is 20.8 Å². The lowest BCUT2D eigenvalue weighted by molar-refractivity contribution is 0.0538. The van der Waals surface area contributed by atoms with E-state index in [4.69, 9.17) is 0 Å². The number of hydrogen-bond donors (Lipinski definition) is 1. The molecule has 0 aliphatic rings. The molecular weight excluding hydrogens is 336 g/mol. The van der Waals surface area contributed by atoms with Gasteiger partial charge >= 0.3 is 6.55 Å². The summed E-state index contributed by atoms with van der Waals surface area (Å²) < 4.78 is 54.3. The fourth-order valence-electron chi connectivity index (χ4n) is 2.66. The lowest BCUT2D eigenvalue weighted by Crippen LogP contribution is -2.29. The second kappa shape index (κ2) is 6.98. The van der Waals surface area contributed by atoms with E-state index in [1.54, 1.807) is 0 Å². The van der Waals surface area contributed by atoms with Gasteiger partial charge in [0.05, 0.1) is 11.4 Å². The minimum Gasteiger partial charge on any atom is -0.207 e. The van der Waals surface area contributed by atoms with Crippen LogP contribution in [0.25, 0.3) is 0 Å². The maximum absolute atomic E-state index is 12.9. The van der Waals surface area contributed by atoms with Crippen molar-refractivity contribution in [2.75, 3.05) is 0 Å². The summed E-state index contributed by atoms with van der Waals surface area (Å²) in [6.07, 6.45) is 0.531. The van der Waals surface area contributed by atoms with Crippen molar-refractivity contribution < 1.29 is 17.2 Å². The highest BCUT2D eigenvalue weighted by Crippen LogP contribution is 2.26. The molecule has 1 aromatic carbocycles. The molecule has 0 saturated carbocycles. The summed E-state index contributed by atoms with van der Waals surface area (Å²) >= 11 is 0. The van der Waals surface area contributed by atoms with Gasteiger partial charge in [0.1, 0.15) is 4.90 Å². The predicted molar refractivity (Wildman–Crippen MR) is 87.5 cm³/mol. The van der Waals surface area contributed by atoms with Gasteiger partial charge in [0.15, 0.2) is 0 Å². The molecule has 24 heavy (non-hydrogen) atoms. The van der Waals surface area contributed by atoms with E-state index < -0.39 is 22.6 Å². The van der Waals surface area contributed by atoms with Crippen molar-refractivity contribution in [2.45, 2.75) is 51.6 Å². The third-order valence-corrected chi connectivity index (χ3v) is 5.62. The molecule has 2 aromatic rings. The summed E-state index contributed by atoms with van der Waals surface area (Å²) in [5.41, 5.74) is 1.87. The fraction of sp³-hybridized carbons (Fsp3) is 0.438. The zero-order valence-corrected chi connectivity index (χ0v) is 14.9. The quantitative estimate of drug-likeness (QED) is 0.858. The van der Waals surface area contributed by atoms with Gasteiger partial charge < -0.3 is 0 Å². The number of nitrogens with one attached hydrogen (secondary N) is 1. The number of sulfonamides is 1. The van der Waals surface area contributed by atoms with Crippen LogP contribution in [0.4, 0.5) is 8.78 Å². The van der Waals surface area contributed by atoms with E-state index in [0.717, 1.165) is 11.1 Å². The number of hydrogen-bond acceptors (Lipinski definition) is 3. The topological polar surface area (TPSA) is 64.0 Å². The molecule has 8 heteroatoms. The standard InChI is InChI=1S/C16H21F2N3O2S/c1-5-14(13-8-6-10(2)7-9-13)20-24(22,23)15-11(3)19-21(12(15)4)16(17)18/h6-9,14,16,20H,5H2,1-4H3. The monoisotopic (exact) mass is 357 g/mol. The molecule has 5 nitrogen and oxygen atoms in total. The molecule has 0 aliphatic carbocycles. The maximum Gasteiger partial charge on any atom is 0.333 e. The Morgan fingerprint density at radius 3 is 2.21 bits per heavy atom. The first-order valence-electron chi connectivity index (χ1n) is 7.60. The van der Waals surface area contributed by atoms with Gasteiger partial charge in [-0.25, -0.2) is 17.8 Å². The zero-order valence-electron chi connectivity index (χ0n) is 14.0. The van der Waals surface area contributed by atoms with Crippen LogP contribution in [0.5, 0.6) is 0 Å². The van der Waals surface area contributed by atoms with E-state index in [0.29, 0.717) is 11.1 Å². The Hall–Kier alpha value is -1.80. The predicted octanol–water partition coefficient (Wildman–Crippen LogP) is 3.63. The number of nitrogens with zero attached hydrogens (tertiary/aromatic N) is 2.